The van der Waals surface area contributed by atoms with Crippen molar-refractivity contribution in [3.8, 4) is 0 Å². The van der Waals surface area contributed by atoms with E-state index in [0.29, 0.717) is 0 Å². The third-order valence-electron chi connectivity index (χ3n) is 1.95. The molecule has 14 heavy (non-hydrogen) atoms. The number of hydrogen-bond acceptors (Lipinski definition) is 3. The number of carbonyl (C=O) groups is 1. The van der Waals surface area contributed by atoms with Crippen molar-refractivity contribution in [3.63, 3.8) is 0 Å². The average molecular weight is 272 g/mol. The number of nitrogens with zero attached hydrogens (tertiary/aromatic N) is 1. The van der Waals surface area contributed by atoms with Gasteiger partial charge in [-0.2, -0.15) is 4.37 Å². The number of carboxylic acid groups (broad SMARTS) is 1. The van der Waals surface area contributed by atoms with Crippen molar-refractivity contribution in [2.24, 2.45) is 0 Å². The molecule has 1 aromatic carbocycles. The molecule has 0 unspecified atom stereocenters. The highest BCUT2D eigenvalue weighted by Crippen LogP contribution is 2.31. The Morgan fingerprint density at radius 3 is 2.93 bits per heavy atom. The molecule has 3 nitrogen and oxygen atoms in total. The zero-order valence-electron chi connectivity index (χ0n) is 7.24. The maximum atomic E-state index is 10.8. The van der Waals surface area contributed by atoms with Crippen molar-refractivity contribution < 1.29 is 9.90 Å². The monoisotopic (exact) mass is 271 g/mol. The van der Waals surface area contributed by atoms with Gasteiger partial charge in [-0.15, -0.1) is 0 Å². The first-order valence-corrected chi connectivity index (χ1v) is 5.45. The topological polar surface area (TPSA) is 50.2 Å². The largest absolute Gasteiger partial charge is 0.478 e. The van der Waals surface area contributed by atoms with E-state index in [1.807, 2.05) is 6.92 Å². The Morgan fingerprint density at radius 1 is 1.57 bits per heavy atom. The zero-order chi connectivity index (χ0) is 10.3. The van der Waals surface area contributed by atoms with E-state index in [0.717, 1.165) is 20.3 Å². The van der Waals surface area contributed by atoms with Gasteiger partial charge in [0.2, 0.25) is 0 Å². The molecule has 0 saturated carbocycles. The van der Waals surface area contributed by atoms with Crippen LogP contribution in [0.3, 0.4) is 0 Å². The molecule has 2 rings (SSSR count). The van der Waals surface area contributed by atoms with Crippen molar-refractivity contribution in [1.29, 1.82) is 0 Å². The van der Waals surface area contributed by atoms with Crippen LogP contribution >= 0.6 is 27.5 Å². The summed E-state index contributed by atoms with van der Waals surface area (Å²) in [5.74, 6) is -0.918. The molecule has 0 amide bonds. The summed E-state index contributed by atoms with van der Waals surface area (Å²) < 4.78 is 5.96. The van der Waals surface area contributed by atoms with Crippen LogP contribution in [0.15, 0.2) is 16.6 Å². The quantitative estimate of drug-likeness (QED) is 0.867. The van der Waals surface area contributed by atoms with Crippen LogP contribution in [-0.2, 0) is 0 Å². The molecule has 1 aromatic heterocycles. The average Bonchev–Trinajstić information content (AvgIpc) is 2.48. The van der Waals surface area contributed by atoms with Gasteiger partial charge in [0.25, 0.3) is 0 Å². The van der Waals surface area contributed by atoms with Gasteiger partial charge in [0.05, 0.1) is 16.0 Å². The molecule has 72 valence electrons. The highest BCUT2D eigenvalue weighted by atomic mass is 79.9. The lowest BCUT2D eigenvalue weighted by molar-refractivity contribution is 0.0697. The number of aromatic carboxylic acids is 1. The van der Waals surface area contributed by atoms with Gasteiger partial charge in [-0.25, -0.2) is 4.79 Å². The number of carboxylic acids is 1. The predicted molar refractivity (Wildman–Crippen MR) is 59.0 cm³/mol. The van der Waals surface area contributed by atoms with Crippen molar-refractivity contribution >= 4 is 43.5 Å². The molecule has 0 atom stereocenters. The minimum absolute atomic E-state index is 0.285. The summed E-state index contributed by atoms with van der Waals surface area (Å²) in [5.41, 5.74) is 1.15. The van der Waals surface area contributed by atoms with Crippen LogP contribution in [0, 0.1) is 6.92 Å². The second kappa shape index (κ2) is 3.33. The molecular weight excluding hydrogens is 266 g/mol. The fourth-order valence-corrected chi connectivity index (χ4v) is 2.70. The molecule has 0 bridgehead atoms. The Bertz CT molecular complexity index is 521. The van der Waals surface area contributed by atoms with Crippen LogP contribution < -0.4 is 0 Å². The summed E-state index contributed by atoms with van der Waals surface area (Å²) in [5, 5.41) is 9.76. The summed E-state index contributed by atoms with van der Waals surface area (Å²) in [6, 6.07) is 3.25. The van der Waals surface area contributed by atoms with Crippen LogP contribution in [0.4, 0.5) is 0 Å². The second-order valence-corrected chi connectivity index (χ2v) is 4.54. The lowest BCUT2D eigenvalue weighted by Gasteiger charge is -1.97. The summed E-state index contributed by atoms with van der Waals surface area (Å²) >= 11 is 4.71. The molecule has 0 fully saturated rings. The van der Waals surface area contributed by atoms with Crippen LogP contribution in [0.25, 0.3) is 10.1 Å². The van der Waals surface area contributed by atoms with Crippen molar-refractivity contribution in [3.05, 3.63) is 27.9 Å². The van der Waals surface area contributed by atoms with Gasteiger partial charge in [0.1, 0.15) is 0 Å². The minimum atomic E-state index is -0.918. The van der Waals surface area contributed by atoms with E-state index in [9.17, 15) is 4.79 Å². The van der Waals surface area contributed by atoms with Crippen molar-refractivity contribution in [2.45, 2.75) is 6.92 Å². The summed E-state index contributed by atoms with van der Waals surface area (Å²) in [6.45, 7) is 1.87. The highest BCUT2D eigenvalue weighted by Gasteiger charge is 2.11. The van der Waals surface area contributed by atoms with Gasteiger partial charge in [-0.05, 0) is 46.5 Å². The molecule has 1 heterocycles. The van der Waals surface area contributed by atoms with E-state index in [2.05, 4.69) is 20.3 Å². The van der Waals surface area contributed by atoms with Crippen LogP contribution in [0.2, 0.25) is 0 Å². The van der Waals surface area contributed by atoms with E-state index in [1.54, 1.807) is 12.1 Å². The van der Waals surface area contributed by atoms with E-state index in [-0.39, 0.29) is 5.56 Å². The second-order valence-electron chi connectivity index (χ2n) is 2.91. The van der Waals surface area contributed by atoms with E-state index >= 15 is 0 Å². The maximum Gasteiger partial charge on any atom is 0.335 e. The molecule has 0 aliphatic rings. The number of aryl methyl sites for hydroxylation is 1. The maximum absolute atomic E-state index is 10.8. The van der Waals surface area contributed by atoms with Gasteiger partial charge < -0.3 is 5.11 Å². The number of fused-ring (bicyclic) bond motifs is 1. The molecule has 0 aliphatic heterocycles. The number of halogens is 1. The van der Waals surface area contributed by atoms with Gasteiger partial charge >= 0.3 is 5.97 Å². The Morgan fingerprint density at radius 2 is 2.29 bits per heavy atom. The van der Waals surface area contributed by atoms with Crippen LogP contribution in [0.1, 0.15) is 16.1 Å². The first-order valence-electron chi connectivity index (χ1n) is 3.88. The lowest BCUT2D eigenvalue weighted by Crippen LogP contribution is -1.95. The van der Waals surface area contributed by atoms with Crippen molar-refractivity contribution in [2.75, 3.05) is 0 Å². The molecule has 5 heteroatoms. The molecule has 0 saturated heterocycles. The number of aromatic nitrogens is 1. The van der Waals surface area contributed by atoms with Crippen LogP contribution in [-0.4, -0.2) is 15.4 Å². The third-order valence-corrected chi connectivity index (χ3v) is 3.83. The highest BCUT2D eigenvalue weighted by molar-refractivity contribution is 9.10. The first kappa shape index (κ1) is 9.61. The van der Waals surface area contributed by atoms with Gasteiger partial charge in [0, 0.05) is 9.86 Å². The standard InChI is InChI=1S/C9H6BrNO2S/c1-4-6-2-5(9(12)13)3-7(10)8(6)14-11-4/h2-3H,1H3,(H,12,13). The molecule has 0 radical (unpaired) electrons. The van der Waals surface area contributed by atoms with Crippen molar-refractivity contribution in [1.82, 2.24) is 4.37 Å². The summed E-state index contributed by atoms with van der Waals surface area (Å²) in [6.07, 6.45) is 0. The lowest BCUT2D eigenvalue weighted by atomic mass is 10.1. The van der Waals surface area contributed by atoms with Gasteiger partial charge in [-0.3, -0.25) is 0 Å². The molecule has 2 aromatic rings. The molecule has 0 spiro atoms. The Labute approximate surface area is 92.7 Å². The Balaban J connectivity index is 2.82. The fraction of sp³-hybridized carbons (Fsp3) is 0.111. The normalized spacial score (nSPS) is 10.7. The smallest absolute Gasteiger partial charge is 0.335 e. The Kier molecular flexibility index (Phi) is 2.28. The van der Waals surface area contributed by atoms with Crippen LogP contribution in [0.5, 0.6) is 0 Å². The minimum Gasteiger partial charge on any atom is -0.478 e. The fourth-order valence-electron chi connectivity index (χ4n) is 1.24. The van der Waals surface area contributed by atoms with Gasteiger partial charge in [0.15, 0.2) is 0 Å². The first-order chi connectivity index (χ1) is 6.59. The molecule has 0 aliphatic carbocycles. The Hall–Kier alpha value is -0.940. The zero-order valence-corrected chi connectivity index (χ0v) is 9.65. The third kappa shape index (κ3) is 1.42. The summed E-state index contributed by atoms with van der Waals surface area (Å²) in [7, 11) is 0. The van der Waals surface area contributed by atoms with E-state index < -0.39 is 5.97 Å². The number of hydrogen-bond donors (Lipinski definition) is 1. The SMILES string of the molecule is Cc1nsc2c(Br)cc(C(=O)O)cc12. The van der Waals surface area contributed by atoms with Gasteiger partial charge in [-0.1, -0.05) is 0 Å². The van der Waals surface area contributed by atoms with E-state index in [1.165, 1.54) is 11.5 Å². The molecular formula is C9H6BrNO2S. The number of rotatable bonds is 1. The molecule has 1 N–H and O–H groups in total. The predicted octanol–water partition coefficient (Wildman–Crippen LogP) is 3.07. The summed E-state index contributed by atoms with van der Waals surface area (Å²) in [4.78, 5) is 10.8. The van der Waals surface area contributed by atoms with E-state index in [4.69, 9.17) is 5.11 Å². The number of benzene rings is 1.